The van der Waals surface area contributed by atoms with Crippen molar-refractivity contribution in [3.8, 4) is 10.6 Å². The Morgan fingerprint density at radius 2 is 1.96 bits per heavy atom. The average Bonchev–Trinajstić information content (AvgIpc) is 3.30. The Morgan fingerprint density at radius 3 is 2.76 bits per heavy atom. The zero-order valence-corrected chi connectivity index (χ0v) is 16.1. The Labute approximate surface area is 159 Å². The van der Waals surface area contributed by atoms with E-state index < -0.39 is 0 Å². The maximum atomic E-state index is 12.9. The Balaban J connectivity index is 1.45. The summed E-state index contributed by atoms with van der Waals surface area (Å²) in [5.41, 5.74) is 1.64. The van der Waals surface area contributed by atoms with Crippen molar-refractivity contribution < 1.29 is 4.79 Å². The van der Waals surface area contributed by atoms with Crippen molar-refractivity contribution >= 4 is 40.3 Å². The van der Waals surface area contributed by atoms with Gasteiger partial charge in [0.05, 0.1) is 0 Å². The number of nitrogens with zero attached hydrogens (tertiary/aromatic N) is 2. The van der Waals surface area contributed by atoms with Crippen molar-refractivity contribution in [1.29, 1.82) is 0 Å². The van der Waals surface area contributed by atoms with Crippen molar-refractivity contribution in [2.24, 2.45) is 0 Å². The number of aromatic nitrogens is 1. The van der Waals surface area contributed by atoms with E-state index in [1.165, 1.54) is 16.2 Å². The van der Waals surface area contributed by atoms with Gasteiger partial charge in [-0.3, -0.25) is 4.79 Å². The molecule has 1 saturated heterocycles. The van der Waals surface area contributed by atoms with Crippen LogP contribution in [0.1, 0.15) is 27.0 Å². The predicted molar refractivity (Wildman–Crippen MR) is 108 cm³/mol. The fraction of sp³-hybridized carbons (Fsp3) is 0.263. The van der Waals surface area contributed by atoms with Gasteiger partial charge in [0.15, 0.2) is 0 Å². The van der Waals surface area contributed by atoms with E-state index in [0.29, 0.717) is 10.9 Å². The molecule has 0 bridgehead atoms. The van der Waals surface area contributed by atoms with E-state index in [-0.39, 0.29) is 5.91 Å². The molecular formula is C19H18N2OS3. The van der Waals surface area contributed by atoms with Gasteiger partial charge in [-0.15, -0.1) is 22.7 Å². The van der Waals surface area contributed by atoms with Crippen molar-refractivity contribution in [2.45, 2.75) is 11.7 Å². The summed E-state index contributed by atoms with van der Waals surface area (Å²) in [6.45, 7) is 1.59. The van der Waals surface area contributed by atoms with E-state index in [1.807, 2.05) is 63.7 Å². The van der Waals surface area contributed by atoms with Crippen LogP contribution in [0.5, 0.6) is 0 Å². The van der Waals surface area contributed by atoms with Crippen molar-refractivity contribution in [3.05, 3.63) is 63.8 Å². The highest BCUT2D eigenvalue weighted by atomic mass is 32.2. The topological polar surface area (TPSA) is 33.2 Å². The molecule has 4 rings (SSSR count). The lowest BCUT2D eigenvalue weighted by molar-refractivity contribution is 0.0761. The fourth-order valence-electron chi connectivity index (χ4n) is 2.92. The van der Waals surface area contributed by atoms with Crippen molar-refractivity contribution in [3.63, 3.8) is 0 Å². The first-order chi connectivity index (χ1) is 12.3. The molecule has 1 aliphatic rings. The van der Waals surface area contributed by atoms with Crippen LogP contribution in [0.25, 0.3) is 10.6 Å². The molecular weight excluding hydrogens is 368 g/mol. The highest BCUT2D eigenvalue weighted by molar-refractivity contribution is 7.99. The Hall–Kier alpha value is -1.63. The molecule has 1 amide bonds. The maximum absolute atomic E-state index is 12.9. The molecule has 0 spiro atoms. The van der Waals surface area contributed by atoms with E-state index in [9.17, 15) is 4.79 Å². The molecule has 1 aliphatic heterocycles. The molecule has 128 valence electrons. The number of rotatable bonds is 3. The van der Waals surface area contributed by atoms with Crippen molar-refractivity contribution in [1.82, 2.24) is 9.88 Å². The zero-order valence-electron chi connectivity index (χ0n) is 13.6. The van der Waals surface area contributed by atoms with Crippen LogP contribution in [-0.4, -0.2) is 34.6 Å². The Bertz CT molecular complexity index is 829. The minimum absolute atomic E-state index is 0.0610. The minimum Gasteiger partial charge on any atom is -0.336 e. The number of thiophene rings is 1. The Morgan fingerprint density at radius 1 is 1.08 bits per heavy atom. The summed E-state index contributed by atoms with van der Waals surface area (Å²) in [6, 6.07) is 14.3. The molecule has 0 N–H and O–H groups in total. The lowest BCUT2D eigenvalue weighted by atomic mass is 10.2. The van der Waals surface area contributed by atoms with Gasteiger partial charge < -0.3 is 4.90 Å². The van der Waals surface area contributed by atoms with Gasteiger partial charge in [-0.05, 0) is 17.9 Å². The summed E-state index contributed by atoms with van der Waals surface area (Å²) in [5, 5.41) is 5.43. The van der Waals surface area contributed by atoms with Crippen LogP contribution in [0.4, 0.5) is 0 Å². The standard InChI is InChI=1S/C19H18N2OS3/c22-19(15-13-25-18(20-15)14-5-2-1-3-6-14)21-9-8-17(24-12-10-21)16-7-4-11-23-16/h1-7,11,13,17H,8-10,12H2/t17-/m0/s1. The summed E-state index contributed by atoms with van der Waals surface area (Å²) in [6.07, 6.45) is 1.01. The number of thioether (sulfide) groups is 1. The van der Waals surface area contributed by atoms with E-state index in [1.54, 1.807) is 0 Å². The van der Waals surface area contributed by atoms with E-state index in [0.717, 1.165) is 35.8 Å². The molecule has 3 heterocycles. The third-order valence-electron chi connectivity index (χ3n) is 4.23. The van der Waals surface area contributed by atoms with E-state index in [2.05, 4.69) is 22.5 Å². The van der Waals surface area contributed by atoms with Gasteiger partial charge in [-0.1, -0.05) is 36.4 Å². The number of thiazole rings is 1. The minimum atomic E-state index is 0.0610. The molecule has 3 aromatic rings. The number of carbonyl (C=O) groups is 1. The van der Waals surface area contributed by atoms with Crippen LogP contribution in [0.2, 0.25) is 0 Å². The smallest absolute Gasteiger partial charge is 0.273 e. The second-order valence-electron chi connectivity index (χ2n) is 5.86. The van der Waals surface area contributed by atoms with Crippen LogP contribution >= 0.6 is 34.4 Å². The van der Waals surface area contributed by atoms with Crippen LogP contribution in [-0.2, 0) is 0 Å². The molecule has 1 aromatic carbocycles. The predicted octanol–water partition coefficient (Wildman–Crippen LogP) is 5.19. The van der Waals surface area contributed by atoms with Gasteiger partial charge in [0, 0.05) is 39.9 Å². The van der Waals surface area contributed by atoms with Gasteiger partial charge in [0.25, 0.3) is 5.91 Å². The molecule has 1 fully saturated rings. The van der Waals surface area contributed by atoms with Gasteiger partial charge in [0.1, 0.15) is 10.7 Å². The number of amides is 1. The van der Waals surface area contributed by atoms with Gasteiger partial charge >= 0.3 is 0 Å². The highest BCUT2D eigenvalue weighted by Crippen LogP contribution is 2.37. The SMILES string of the molecule is O=C(c1csc(-c2ccccc2)n1)N1CCS[C@H](c2cccs2)CC1. The van der Waals surface area contributed by atoms with Crippen molar-refractivity contribution in [2.75, 3.05) is 18.8 Å². The lowest BCUT2D eigenvalue weighted by Crippen LogP contribution is -2.33. The molecule has 25 heavy (non-hydrogen) atoms. The summed E-state index contributed by atoms with van der Waals surface area (Å²) in [4.78, 5) is 20.8. The van der Waals surface area contributed by atoms with E-state index >= 15 is 0 Å². The maximum Gasteiger partial charge on any atom is 0.273 e. The summed E-state index contributed by atoms with van der Waals surface area (Å²) in [7, 11) is 0. The third-order valence-corrected chi connectivity index (χ3v) is 7.57. The van der Waals surface area contributed by atoms with Crippen LogP contribution in [0.3, 0.4) is 0 Å². The first kappa shape index (κ1) is 16.8. The summed E-state index contributed by atoms with van der Waals surface area (Å²) in [5.74, 6) is 1.04. The molecule has 2 aromatic heterocycles. The van der Waals surface area contributed by atoms with Gasteiger partial charge in [0.2, 0.25) is 0 Å². The van der Waals surface area contributed by atoms with Crippen LogP contribution in [0, 0.1) is 0 Å². The average molecular weight is 387 g/mol. The third kappa shape index (κ3) is 3.81. The number of carbonyl (C=O) groups excluding carboxylic acids is 1. The van der Waals surface area contributed by atoms with Crippen LogP contribution < -0.4 is 0 Å². The molecule has 6 heteroatoms. The first-order valence-corrected chi connectivity index (χ1v) is 11.1. The molecule has 0 saturated carbocycles. The summed E-state index contributed by atoms with van der Waals surface area (Å²) < 4.78 is 0. The quantitative estimate of drug-likeness (QED) is 0.621. The van der Waals surface area contributed by atoms with Gasteiger partial charge in [-0.25, -0.2) is 4.98 Å². The molecule has 0 radical (unpaired) electrons. The monoisotopic (exact) mass is 386 g/mol. The normalized spacial score (nSPS) is 18.1. The lowest BCUT2D eigenvalue weighted by Gasteiger charge is -2.19. The molecule has 0 unspecified atom stereocenters. The van der Waals surface area contributed by atoms with Gasteiger partial charge in [-0.2, -0.15) is 11.8 Å². The first-order valence-electron chi connectivity index (χ1n) is 8.26. The largest absolute Gasteiger partial charge is 0.336 e. The molecule has 1 atom stereocenters. The zero-order chi connectivity index (χ0) is 17.1. The Kier molecular flexibility index (Phi) is 5.20. The number of hydrogen-bond donors (Lipinski definition) is 0. The second-order valence-corrected chi connectivity index (χ2v) is 9.01. The highest BCUT2D eigenvalue weighted by Gasteiger charge is 2.24. The molecule has 0 aliphatic carbocycles. The summed E-state index contributed by atoms with van der Waals surface area (Å²) >= 11 is 5.31. The van der Waals surface area contributed by atoms with E-state index in [4.69, 9.17) is 0 Å². The second kappa shape index (κ2) is 7.72. The van der Waals surface area contributed by atoms with Crippen LogP contribution in [0.15, 0.2) is 53.2 Å². The fourth-order valence-corrected chi connectivity index (χ4v) is 5.96. The number of benzene rings is 1. The number of hydrogen-bond acceptors (Lipinski definition) is 5. The molecule has 3 nitrogen and oxygen atoms in total.